The highest BCUT2D eigenvalue weighted by atomic mass is 32.2. The highest BCUT2D eigenvalue weighted by Crippen LogP contribution is 2.42. The van der Waals surface area contributed by atoms with Crippen molar-refractivity contribution in [2.24, 2.45) is 0 Å². The first kappa shape index (κ1) is 23.2. The molecule has 34 heavy (non-hydrogen) atoms. The summed E-state index contributed by atoms with van der Waals surface area (Å²) in [5.41, 5.74) is 7.04. The Morgan fingerprint density at radius 2 is 1.68 bits per heavy atom. The number of aromatic amines is 1. The molecule has 6 heteroatoms. The third-order valence-electron chi connectivity index (χ3n) is 6.12. The van der Waals surface area contributed by atoms with Crippen molar-refractivity contribution in [3.8, 4) is 20.9 Å². The number of aliphatic hydroxyl groups is 1. The fourth-order valence-corrected chi connectivity index (χ4v) is 6.29. The van der Waals surface area contributed by atoms with Gasteiger partial charge in [-0.1, -0.05) is 36.0 Å². The smallest absolute Gasteiger partial charge is 0.188 e. The molecule has 174 valence electrons. The van der Waals surface area contributed by atoms with Crippen molar-refractivity contribution in [1.82, 2.24) is 9.97 Å². The van der Waals surface area contributed by atoms with Crippen LogP contribution in [0, 0.1) is 13.8 Å². The normalized spacial score (nSPS) is 13.9. The summed E-state index contributed by atoms with van der Waals surface area (Å²) in [6, 6.07) is 17.1. The van der Waals surface area contributed by atoms with Gasteiger partial charge >= 0.3 is 0 Å². The van der Waals surface area contributed by atoms with E-state index >= 15 is 0 Å². The van der Waals surface area contributed by atoms with Crippen molar-refractivity contribution in [3.05, 3.63) is 82.9 Å². The van der Waals surface area contributed by atoms with Crippen molar-refractivity contribution in [3.63, 3.8) is 0 Å². The summed E-state index contributed by atoms with van der Waals surface area (Å²) in [5, 5.41) is 11.2. The fourth-order valence-electron chi connectivity index (χ4n) is 4.09. The molecule has 0 saturated heterocycles. The molecule has 1 fully saturated rings. The Morgan fingerprint density at radius 3 is 2.26 bits per heavy atom. The van der Waals surface area contributed by atoms with Gasteiger partial charge in [-0.3, -0.25) is 0 Å². The molecule has 1 aromatic carbocycles. The molecule has 0 unspecified atom stereocenters. The first-order valence-electron chi connectivity index (χ1n) is 11.7. The molecular weight excluding hydrogens is 458 g/mol. The van der Waals surface area contributed by atoms with Crippen LogP contribution in [0.25, 0.3) is 20.9 Å². The fraction of sp³-hybridized carbons (Fsp3) is 0.321. The zero-order chi connectivity index (χ0) is 23.9. The number of thiophene rings is 1. The van der Waals surface area contributed by atoms with E-state index in [9.17, 15) is 5.11 Å². The van der Waals surface area contributed by atoms with Gasteiger partial charge in [0.2, 0.25) is 0 Å². The Bertz CT molecular complexity index is 1280. The van der Waals surface area contributed by atoms with Crippen LogP contribution in [0.2, 0.25) is 0 Å². The van der Waals surface area contributed by atoms with Gasteiger partial charge in [0.05, 0.1) is 11.2 Å². The van der Waals surface area contributed by atoms with E-state index < -0.39 is 5.60 Å². The van der Waals surface area contributed by atoms with Gasteiger partial charge in [-0.15, -0.1) is 11.3 Å². The Kier molecular flexibility index (Phi) is 6.32. The Hall–Kier alpha value is -2.54. The molecule has 0 atom stereocenters. The first-order chi connectivity index (χ1) is 16.3. The minimum absolute atomic E-state index is 0.715. The number of rotatable bonds is 7. The minimum atomic E-state index is -0.850. The maximum absolute atomic E-state index is 10.4. The van der Waals surface area contributed by atoms with E-state index in [2.05, 4.69) is 51.5 Å². The number of aromatic nitrogens is 3. The van der Waals surface area contributed by atoms with Crippen LogP contribution in [0.1, 0.15) is 60.8 Å². The molecule has 0 radical (unpaired) electrons. The average molecular weight is 489 g/mol. The molecule has 5 rings (SSSR count). The van der Waals surface area contributed by atoms with Gasteiger partial charge in [-0.05, 0) is 75.4 Å². The number of hydrogen-bond donors (Lipinski definition) is 1. The predicted molar refractivity (Wildman–Crippen MR) is 140 cm³/mol. The molecular formula is C28H30N3OS2+. The van der Waals surface area contributed by atoms with Crippen molar-refractivity contribution in [2.75, 3.05) is 0 Å². The topological polar surface area (TPSA) is 60.2 Å². The van der Waals surface area contributed by atoms with Gasteiger partial charge in [0.15, 0.2) is 17.0 Å². The van der Waals surface area contributed by atoms with Gasteiger partial charge in [0.25, 0.3) is 0 Å². The lowest BCUT2D eigenvalue weighted by Gasteiger charge is -2.17. The molecule has 1 aliphatic rings. The van der Waals surface area contributed by atoms with Crippen molar-refractivity contribution >= 4 is 23.1 Å². The summed E-state index contributed by atoms with van der Waals surface area (Å²) < 4.78 is 0. The molecule has 4 nitrogen and oxygen atoms in total. The van der Waals surface area contributed by atoms with Gasteiger partial charge in [0.1, 0.15) is 0 Å². The monoisotopic (exact) mass is 488 g/mol. The summed E-state index contributed by atoms with van der Waals surface area (Å²) in [7, 11) is 0. The number of nitrogens with one attached hydrogen (secondary N) is 1. The standard InChI is InChI=1S/C28H29N3OS2/c1-17-13-18(2)31-27(30-17)33-16-22-14-25(21-9-12-24(29-15-21)19-5-6-19)34-26(22)20-7-10-23(11-8-20)28(3,4)32/h7-15,19,32H,5-6,16H2,1-4H3/p+1. The predicted octanol–water partition coefficient (Wildman–Crippen LogP) is 6.70. The van der Waals surface area contributed by atoms with Crippen molar-refractivity contribution < 1.29 is 10.1 Å². The lowest BCUT2D eigenvalue weighted by atomic mass is 9.97. The van der Waals surface area contributed by atoms with E-state index in [0.717, 1.165) is 27.9 Å². The summed E-state index contributed by atoms with van der Waals surface area (Å²) >= 11 is 3.49. The lowest BCUT2D eigenvalue weighted by Crippen LogP contribution is -2.14. The Labute approximate surface area is 209 Å². The van der Waals surface area contributed by atoms with Gasteiger partial charge in [0, 0.05) is 38.9 Å². The van der Waals surface area contributed by atoms with Gasteiger partial charge < -0.3 is 5.11 Å². The number of benzene rings is 1. The number of aryl methyl sites for hydroxylation is 2. The van der Waals surface area contributed by atoms with Crippen LogP contribution < -0.4 is 4.98 Å². The number of pyridine rings is 1. The average Bonchev–Trinajstić information content (AvgIpc) is 3.56. The Balaban J connectivity index is 1.48. The number of H-pyrrole nitrogens is 1. The van der Waals surface area contributed by atoms with Crippen LogP contribution in [0.15, 0.2) is 59.9 Å². The zero-order valence-electron chi connectivity index (χ0n) is 20.1. The van der Waals surface area contributed by atoms with Crippen LogP contribution in [0.4, 0.5) is 0 Å². The lowest BCUT2D eigenvalue weighted by molar-refractivity contribution is -0.389. The molecule has 2 N–H and O–H groups in total. The third kappa shape index (κ3) is 5.24. The Morgan fingerprint density at radius 1 is 1.00 bits per heavy atom. The molecule has 3 heterocycles. The van der Waals surface area contributed by atoms with Crippen molar-refractivity contribution in [2.45, 2.75) is 63.0 Å². The molecule has 0 aliphatic heterocycles. The zero-order valence-corrected chi connectivity index (χ0v) is 21.7. The number of hydrogen-bond acceptors (Lipinski definition) is 5. The summed E-state index contributed by atoms with van der Waals surface area (Å²) in [6.45, 7) is 7.66. The van der Waals surface area contributed by atoms with Crippen LogP contribution in [0.5, 0.6) is 0 Å². The van der Waals surface area contributed by atoms with E-state index in [1.165, 1.54) is 45.0 Å². The molecule has 0 amide bonds. The second-order valence-electron chi connectivity index (χ2n) is 9.63. The van der Waals surface area contributed by atoms with E-state index in [1.807, 2.05) is 57.2 Å². The molecule has 3 aromatic heterocycles. The van der Waals surface area contributed by atoms with Crippen LogP contribution in [0.3, 0.4) is 0 Å². The van der Waals surface area contributed by atoms with E-state index in [1.54, 1.807) is 11.8 Å². The molecule has 1 saturated carbocycles. The maximum atomic E-state index is 10.4. The molecule has 1 aliphatic carbocycles. The maximum Gasteiger partial charge on any atom is 0.188 e. The third-order valence-corrected chi connectivity index (χ3v) is 8.29. The molecule has 4 aromatic rings. The minimum Gasteiger partial charge on any atom is -0.386 e. The molecule has 0 bridgehead atoms. The molecule has 0 spiro atoms. The summed E-state index contributed by atoms with van der Waals surface area (Å²) in [4.78, 5) is 15.2. The summed E-state index contributed by atoms with van der Waals surface area (Å²) in [6.07, 6.45) is 4.73. The largest absolute Gasteiger partial charge is 0.386 e. The van der Waals surface area contributed by atoms with E-state index in [-0.39, 0.29) is 0 Å². The van der Waals surface area contributed by atoms with Gasteiger partial charge in [-0.25, -0.2) is 15.0 Å². The van der Waals surface area contributed by atoms with Crippen molar-refractivity contribution in [1.29, 1.82) is 0 Å². The van der Waals surface area contributed by atoms with Crippen LogP contribution in [-0.2, 0) is 11.4 Å². The first-order valence-corrected chi connectivity index (χ1v) is 13.5. The van der Waals surface area contributed by atoms with Crippen LogP contribution in [-0.4, -0.2) is 15.1 Å². The summed E-state index contributed by atoms with van der Waals surface area (Å²) in [5.74, 6) is 1.51. The SMILES string of the molecule is Cc1cc(C)nc(SCc2cc(-c3ccc(C4CC4)[nH+]c3)sc2-c2ccc(C(C)(C)O)cc2)n1. The second-order valence-corrected chi connectivity index (χ2v) is 11.6. The highest BCUT2D eigenvalue weighted by molar-refractivity contribution is 7.98. The highest BCUT2D eigenvalue weighted by Gasteiger charge is 2.29. The van der Waals surface area contributed by atoms with E-state index in [0.29, 0.717) is 5.92 Å². The van der Waals surface area contributed by atoms with Crippen LogP contribution >= 0.6 is 23.1 Å². The number of nitrogens with zero attached hydrogens (tertiary/aromatic N) is 2. The van der Waals surface area contributed by atoms with E-state index in [4.69, 9.17) is 0 Å². The number of thioether (sulfide) groups is 1. The quantitative estimate of drug-likeness (QED) is 0.232. The van der Waals surface area contributed by atoms with Gasteiger partial charge in [-0.2, -0.15) is 0 Å². The second kappa shape index (κ2) is 9.25.